The molecule has 0 unspecified atom stereocenters. The third kappa shape index (κ3) is 3.89. The van der Waals surface area contributed by atoms with Crippen molar-refractivity contribution in [1.29, 1.82) is 0 Å². The number of aryl methyl sites for hydroxylation is 3. The number of nitrogens with zero attached hydrogens (tertiary/aromatic N) is 3. The summed E-state index contributed by atoms with van der Waals surface area (Å²) in [4.78, 5) is 21.8. The van der Waals surface area contributed by atoms with E-state index in [1.54, 1.807) is 24.4 Å². The molecule has 0 bridgehead atoms. The highest BCUT2D eigenvalue weighted by molar-refractivity contribution is 7.99. The molecule has 0 aliphatic heterocycles. The van der Waals surface area contributed by atoms with E-state index in [9.17, 15) is 9.90 Å². The van der Waals surface area contributed by atoms with E-state index in [2.05, 4.69) is 43.2 Å². The lowest BCUT2D eigenvalue weighted by molar-refractivity contribution is -0.113. The molecule has 2 heterocycles. The molecule has 0 aliphatic carbocycles. The smallest absolute Gasteiger partial charge is 0.234 e. The second-order valence-electron chi connectivity index (χ2n) is 7.18. The van der Waals surface area contributed by atoms with Crippen molar-refractivity contribution in [3.63, 3.8) is 0 Å². The van der Waals surface area contributed by atoms with Gasteiger partial charge in [-0.3, -0.25) is 9.36 Å². The molecule has 4 aromatic rings. The first-order chi connectivity index (χ1) is 14.4. The predicted molar refractivity (Wildman–Crippen MR) is 121 cm³/mol. The molecule has 1 amide bonds. The molecule has 0 aliphatic rings. The van der Waals surface area contributed by atoms with Gasteiger partial charge in [0.05, 0.1) is 17.1 Å². The molecule has 4 rings (SSSR count). The van der Waals surface area contributed by atoms with Crippen molar-refractivity contribution in [2.45, 2.75) is 25.9 Å². The van der Waals surface area contributed by atoms with E-state index in [-0.39, 0.29) is 17.4 Å². The van der Waals surface area contributed by atoms with Crippen LogP contribution >= 0.6 is 11.8 Å². The highest BCUT2D eigenvalue weighted by Gasteiger charge is 2.18. The van der Waals surface area contributed by atoms with Gasteiger partial charge in [0.25, 0.3) is 0 Å². The number of carbonyl (C=O) groups excluding carboxylic acids is 1. The first-order valence-corrected chi connectivity index (χ1v) is 10.5. The first kappa shape index (κ1) is 20.0. The van der Waals surface area contributed by atoms with Gasteiger partial charge in [0, 0.05) is 6.20 Å². The summed E-state index contributed by atoms with van der Waals surface area (Å²) in [6.45, 7) is 6.22. The summed E-state index contributed by atoms with van der Waals surface area (Å²) >= 11 is 1.34. The minimum atomic E-state index is -0.217. The Morgan fingerprint density at radius 1 is 1.10 bits per heavy atom. The van der Waals surface area contributed by atoms with Crippen LogP contribution in [0.5, 0.6) is 5.75 Å². The van der Waals surface area contributed by atoms with Crippen LogP contribution in [0, 0.1) is 20.8 Å². The molecular weight excluding hydrogens is 396 g/mol. The Bertz CT molecular complexity index is 1230. The summed E-state index contributed by atoms with van der Waals surface area (Å²) < 4.78 is 2.03. The Morgan fingerprint density at radius 2 is 1.83 bits per heavy atom. The second kappa shape index (κ2) is 8.20. The highest BCUT2D eigenvalue weighted by atomic mass is 32.2. The van der Waals surface area contributed by atoms with Gasteiger partial charge in [0.1, 0.15) is 11.3 Å². The monoisotopic (exact) mass is 418 g/mol. The Morgan fingerprint density at radius 3 is 2.57 bits per heavy atom. The zero-order valence-electron chi connectivity index (χ0n) is 17.0. The fourth-order valence-corrected chi connectivity index (χ4v) is 4.41. The van der Waals surface area contributed by atoms with Gasteiger partial charge in [0.2, 0.25) is 5.91 Å². The number of anilines is 1. The molecule has 2 aromatic carbocycles. The van der Waals surface area contributed by atoms with Crippen LogP contribution in [0.1, 0.15) is 16.7 Å². The normalized spacial score (nSPS) is 11.0. The van der Waals surface area contributed by atoms with Gasteiger partial charge in [-0.1, -0.05) is 41.6 Å². The maximum Gasteiger partial charge on any atom is 0.234 e. The summed E-state index contributed by atoms with van der Waals surface area (Å²) in [5.41, 5.74) is 6.41. The zero-order chi connectivity index (χ0) is 21.3. The van der Waals surface area contributed by atoms with Crippen LogP contribution in [0.3, 0.4) is 0 Å². The van der Waals surface area contributed by atoms with Crippen molar-refractivity contribution in [2.75, 3.05) is 11.1 Å². The van der Waals surface area contributed by atoms with Gasteiger partial charge >= 0.3 is 0 Å². The summed E-state index contributed by atoms with van der Waals surface area (Å²) in [6.07, 6.45) is 1.75. The van der Waals surface area contributed by atoms with E-state index in [1.807, 2.05) is 16.7 Å². The summed E-state index contributed by atoms with van der Waals surface area (Å²) in [5, 5.41) is 13.3. The quantitative estimate of drug-likeness (QED) is 0.360. The van der Waals surface area contributed by atoms with Crippen molar-refractivity contribution in [3.8, 4) is 11.4 Å². The number of phenolic OH excluding ortho intramolecular Hbond substituents is 1. The molecule has 0 saturated heterocycles. The number of amides is 1. The lowest BCUT2D eigenvalue weighted by Gasteiger charge is -2.15. The predicted octanol–water partition coefficient (Wildman–Crippen LogP) is 4.78. The molecule has 0 radical (unpaired) electrons. The zero-order valence-corrected chi connectivity index (χ0v) is 17.8. The molecule has 2 N–H and O–H groups in total. The third-order valence-electron chi connectivity index (χ3n) is 4.75. The summed E-state index contributed by atoms with van der Waals surface area (Å²) in [6, 6.07) is 14.7. The van der Waals surface area contributed by atoms with E-state index in [4.69, 9.17) is 4.98 Å². The fraction of sp³-hybridized carbons (Fsp3) is 0.174. The van der Waals surface area contributed by atoms with Crippen LogP contribution in [-0.2, 0) is 4.79 Å². The number of hydrogen-bond donors (Lipinski definition) is 2. The number of hydrogen-bond acceptors (Lipinski definition) is 5. The van der Waals surface area contributed by atoms with Crippen LogP contribution < -0.4 is 5.32 Å². The Kier molecular flexibility index (Phi) is 5.46. The third-order valence-corrected chi connectivity index (χ3v) is 5.69. The van der Waals surface area contributed by atoms with Crippen LogP contribution in [0.15, 0.2) is 59.9 Å². The maximum absolute atomic E-state index is 12.5. The van der Waals surface area contributed by atoms with Crippen molar-refractivity contribution in [1.82, 2.24) is 14.5 Å². The standard InChI is InChI=1S/C23H22N4O2S/c1-14-11-15(2)21(16(3)12-14)27-22-18(8-6-10-24-22)26-23(27)30-13-20(29)25-17-7-4-5-9-19(17)28/h4-12,28H,13H2,1-3H3,(H,25,29). The van der Waals surface area contributed by atoms with E-state index >= 15 is 0 Å². The Labute approximate surface area is 179 Å². The number of phenols is 1. The minimum absolute atomic E-state index is 0.0400. The van der Waals surface area contributed by atoms with Crippen molar-refractivity contribution >= 4 is 34.5 Å². The number of para-hydroxylation sites is 2. The van der Waals surface area contributed by atoms with Gasteiger partial charge in [0.15, 0.2) is 10.8 Å². The number of carbonyl (C=O) groups is 1. The molecule has 6 nitrogen and oxygen atoms in total. The molecule has 2 aromatic heterocycles. The van der Waals surface area contributed by atoms with Gasteiger partial charge in [-0.05, 0) is 56.2 Å². The number of nitrogens with one attached hydrogen (secondary N) is 1. The summed E-state index contributed by atoms with van der Waals surface area (Å²) in [5.74, 6) is -0.0228. The molecular formula is C23H22N4O2S. The van der Waals surface area contributed by atoms with E-state index in [0.717, 1.165) is 28.0 Å². The molecule has 30 heavy (non-hydrogen) atoms. The lowest BCUT2D eigenvalue weighted by atomic mass is 10.1. The Balaban J connectivity index is 1.68. The average Bonchev–Trinajstić information content (AvgIpc) is 3.06. The largest absolute Gasteiger partial charge is 0.506 e. The topological polar surface area (TPSA) is 80.0 Å². The van der Waals surface area contributed by atoms with Gasteiger partial charge < -0.3 is 10.4 Å². The first-order valence-electron chi connectivity index (χ1n) is 9.56. The minimum Gasteiger partial charge on any atom is -0.506 e. The number of benzene rings is 2. The van der Waals surface area contributed by atoms with Crippen LogP contribution in [0.4, 0.5) is 5.69 Å². The molecule has 0 saturated carbocycles. The maximum atomic E-state index is 12.5. The fourth-order valence-electron chi connectivity index (χ4n) is 3.61. The Hall–Kier alpha value is -3.32. The molecule has 0 fully saturated rings. The van der Waals surface area contributed by atoms with Gasteiger partial charge in [-0.25, -0.2) is 9.97 Å². The van der Waals surface area contributed by atoms with E-state index in [0.29, 0.717) is 10.8 Å². The van der Waals surface area contributed by atoms with Crippen LogP contribution in [-0.4, -0.2) is 31.3 Å². The molecule has 0 atom stereocenters. The number of rotatable bonds is 5. The summed E-state index contributed by atoms with van der Waals surface area (Å²) in [7, 11) is 0. The number of pyridine rings is 1. The lowest BCUT2D eigenvalue weighted by Crippen LogP contribution is -2.14. The van der Waals surface area contributed by atoms with E-state index in [1.165, 1.54) is 23.4 Å². The van der Waals surface area contributed by atoms with Gasteiger partial charge in [-0.15, -0.1) is 0 Å². The second-order valence-corrected chi connectivity index (χ2v) is 8.12. The van der Waals surface area contributed by atoms with Crippen molar-refractivity contribution in [2.24, 2.45) is 0 Å². The van der Waals surface area contributed by atoms with Crippen LogP contribution in [0.2, 0.25) is 0 Å². The molecule has 7 heteroatoms. The number of fused-ring (bicyclic) bond motifs is 1. The molecule has 152 valence electrons. The van der Waals surface area contributed by atoms with Gasteiger partial charge in [-0.2, -0.15) is 0 Å². The number of aromatic hydroxyl groups is 1. The number of imidazole rings is 1. The number of aromatic nitrogens is 3. The number of thioether (sulfide) groups is 1. The van der Waals surface area contributed by atoms with Crippen molar-refractivity contribution < 1.29 is 9.90 Å². The average molecular weight is 419 g/mol. The highest BCUT2D eigenvalue weighted by Crippen LogP contribution is 2.31. The van der Waals surface area contributed by atoms with Crippen LogP contribution in [0.25, 0.3) is 16.9 Å². The molecule has 0 spiro atoms. The SMILES string of the molecule is Cc1cc(C)c(-n2c(SCC(=O)Nc3ccccc3O)nc3cccnc32)c(C)c1. The van der Waals surface area contributed by atoms with Crippen molar-refractivity contribution in [3.05, 3.63) is 71.4 Å². The van der Waals surface area contributed by atoms with E-state index < -0.39 is 0 Å².